The third-order valence-corrected chi connectivity index (χ3v) is 11.6. The van der Waals surface area contributed by atoms with Crippen LogP contribution >= 0.6 is 0 Å². The van der Waals surface area contributed by atoms with E-state index in [1.54, 1.807) is 0 Å². The molecule has 10 aromatic rings. The Kier molecular flexibility index (Phi) is 5.20. The van der Waals surface area contributed by atoms with Crippen LogP contribution in [-0.2, 0) is 5.41 Å². The van der Waals surface area contributed by atoms with Crippen molar-refractivity contribution in [1.82, 2.24) is 0 Å². The van der Waals surface area contributed by atoms with Gasteiger partial charge in [-0.1, -0.05) is 121 Å². The summed E-state index contributed by atoms with van der Waals surface area (Å²) in [4.78, 5) is 0. The predicted octanol–water partition coefficient (Wildman–Crippen LogP) is 13.1. The number of nitrogens with one attached hydrogen (secondary N) is 1. The highest BCUT2D eigenvalue weighted by molar-refractivity contribution is 6.26. The first kappa shape index (κ1) is 27.2. The first-order valence-electron chi connectivity index (χ1n) is 17.7. The molecule has 2 aliphatic carbocycles. The third-order valence-electron chi connectivity index (χ3n) is 11.6. The lowest BCUT2D eigenvalue weighted by atomic mass is 9.70. The molecule has 2 nitrogen and oxygen atoms in total. The zero-order valence-corrected chi connectivity index (χ0v) is 27.6. The fraction of sp³-hybridized carbons (Fsp3) is 0.0204. The number of hydrogen-bond donors (Lipinski definition) is 1. The van der Waals surface area contributed by atoms with Crippen molar-refractivity contribution < 1.29 is 4.42 Å². The van der Waals surface area contributed by atoms with E-state index < -0.39 is 5.41 Å². The highest BCUT2D eigenvalue weighted by Gasteiger charge is 2.51. The Morgan fingerprint density at radius 1 is 0.314 bits per heavy atom. The highest BCUT2D eigenvalue weighted by Crippen LogP contribution is 2.64. The number of para-hydroxylation sites is 1. The van der Waals surface area contributed by atoms with Crippen LogP contribution in [0.15, 0.2) is 174 Å². The van der Waals surface area contributed by atoms with Gasteiger partial charge in [0.15, 0.2) is 0 Å². The number of anilines is 2. The van der Waals surface area contributed by atoms with Gasteiger partial charge in [0.2, 0.25) is 0 Å². The minimum absolute atomic E-state index is 0.457. The van der Waals surface area contributed by atoms with E-state index in [0.717, 1.165) is 33.3 Å². The van der Waals surface area contributed by atoms with Crippen LogP contribution in [-0.4, -0.2) is 0 Å². The summed E-state index contributed by atoms with van der Waals surface area (Å²) in [5.41, 5.74) is 14.0. The lowest BCUT2D eigenvalue weighted by Gasteiger charge is -2.31. The molecule has 0 aliphatic heterocycles. The van der Waals surface area contributed by atoms with Gasteiger partial charge in [-0.15, -0.1) is 0 Å². The predicted molar refractivity (Wildman–Crippen MR) is 212 cm³/mol. The van der Waals surface area contributed by atoms with E-state index in [2.05, 4.69) is 163 Å². The van der Waals surface area contributed by atoms with Crippen molar-refractivity contribution in [3.05, 3.63) is 192 Å². The average molecular weight is 648 g/mol. The summed E-state index contributed by atoms with van der Waals surface area (Å²) in [5, 5.41) is 13.8. The molecule has 12 rings (SSSR count). The summed E-state index contributed by atoms with van der Waals surface area (Å²) < 4.78 is 6.14. The van der Waals surface area contributed by atoms with Crippen molar-refractivity contribution >= 4 is 65.6 Å². The fourth-order valence-corrected chi connectivity index (χ4v) is 9.58. The summed E-state index contributed by atoms with van der Waals surface area (Å²) in [6.45, 7) is 0. The lowest BCUT2D eigenvalue weighted by molar-refractivity contribution is 0.669. The molecule has 1 atom stereocenters. The van der Waals surface area contributed by atoms with Gasteiger partial charge in [0, 0.05) is 22.1 Å². The number of fused-ring (bicyclic) bond motifs is 19. The van der Waals surface area contributed by atoms with Gasteiger partial charge in [0.05, 0.1) is 5.41 Å². The second-order valence-electron chi connectivity index (χ2n) is 14.1. The largest absolute Gasteiger partial charge is 0.456 e. The third kappa shape index (κ3) is 3.46. The Balaban J connectivity index is 1.14. The van der Waals surface area contributed by atoms with Crippen LogP contribution in [0.3, 0.4) is 0 Å². The van der Waals surface area contributed by atoms with Crippen molar-refractivity contribution in [2.45, 2.75) is 5.41 Å². The van der Waals surface area contributed by atoms with E-state index in [0.29, 0.717) is 0 Å². The van der Waals surface area contributed by atoms with E-state index in [-0.39, 0.29) is 0 Å². The van der Waals surface area contributed by atoms with E-state index in [1.807, 2.05) is 12.1 Å². The zero-order valence-electron chi connectivity index (χ0n) is 27.6. The van der Waals surface area contributed by atoms with Crippen LogP contribution in [0.2, 0.25) is 0 Å². The van der Waals surface area contributed by atoms with Crippen LogP contribution in [0, 0.1) is 0 Å². The summed E-state index contributed by atoms with van der Waals surface area (Å²) in [6, 6.07) is 62.6. The molecule has 1 N–H and O–H groups in total. The van der Waals surface area contributed by atoms with Gasteiger partial charge in [-0.05, 0) is 125 Å². The second-order valence-corrected chi connectivity index (χ2v) is 14.1. The fourth-order valence-electron chi connectivity index (χ4n) is 9.58. The molecule has 2 heteroatoms. The van der Waals surface area contributed by atoms with Crippen molar-refractivity contribution in [3.8, 4) is 22.3 Å². The van der Waals surface area contributed by atoms with E-state index in [1.165, 1.54) is 76.8 Å². The molecule has 0 fully saturated rings. The van der Waals surface area contributed by atoms with Crippen LogP contribution in [0.25, 0.3) is 76.5 Å². The minimum atomic E-state index is -0.457. The molecule has 2 aliphatic rings. The van der Waals surface area contributed by atoms with Crippen LogP contribution in [0.4, 0.5) is 11.4 Å². The smallest absolute Gasteiger partial charge is 0.135 e. The number of hydrogen-bond acceptors (Lipinski definition) is 2. The standard InChI is InChI=1S/C49H29NO/c1-3-13-33-31(11-1)32-12-2-4-14-34(32)40-28-46-41(27-39(33)40)36-16-6-9-19-44(36)49(46)43-18-8-5-15-35(43)37-23-21-30(26-45(37)49)50-29-22-24-48-42(25-29)38-17-7-10-20-47(38)51-48/h1-28,50H. The monoisotopic (exact) mass is 647 g/mol. The summed E-state index contributed by atoms with van der Waals surface area (Å²) >= 11 is 0. The molecule has 9 aromatic carbocycles. The Labute approximate surface area is 294 Å². The number of furan rings is 1. The molecular weight excluding hydrogens is 619 g/mol. The quantitative estimate of drug-likeness (QED) is 0.189. The van der Waals surface area contributed by atoms with Gasteiger partial charge in [0.25, 0.3) is 0 Å². The SMILES string of the molecule is c1ccc2c(c1)-c1ccc(Nc3ccc4oc5ccccc5c4c3)cc1C21c2ccccc2-c2cc3c4ccccc4c4ccccc4c3cc21. The molecule has 1 spiro atoms. The Bertz CT molecular complexity index is 3130. The normalized spacial score (nSPS) is 15.5. The molecule has 236 valence electrons. The van der Waals surface area contributed by atoms with Crippen LogP contribution < -0.4 is 5.32 Å². The van der Waals surface area contributed by atoms with Gasteiger partial charge in [-0.25, -0.2) is 0 Å². The molecule has 1 unspecified atom stereocenters. The summed E-state index contributed by atoms with van der Waals surface area (Å²) in [6.07, 6.45) is 0. The molecule has 1 heterocycles. The van der Waals surface area contributed by atoms with Gasteiger partial charge >= 0.3 is 0 Å². The first-order chi connectivity index (χ1) is 25.3. The zero-order chi connectivity index (χ0) is 33.3. The molecule has 0 radical (unpaired) electrons. The maximum atomic E-state index is 6.14. The Morgan fingerprint density at radius 2 is 0.804 bits per heavy atom. The van der Waals surface area contributed by atoms with Crippen molar-refractivity contribution in [3.63, 3.8) is 0 Å². The van der Waals surface area contributed by atoms with Crippen LogP contribution in [0.1, 0.15) is 22.3 Å². The highest BCUT2D eigenvalue weighted by atomic mass is 16.3. The lowest BCUT2D eigenvalue weighted by Crippen LogP contribution is -2.26. The van der Waals surface area contributed by atoms with Gasteiger partial charge < -0.3 is 9.73 Å². The summed E-state index contributed by atoms with van der Waals surface area (Å²) in [5.74, 6) is 0. The first-order valence-corrected chi connectivity index (χ1v) is 17.7. The molecule has 0 saturated carbocycles. The maximum absolute atomic E-state index is 6.14. The maximum Gasteiger partial charge on any atom is 0.135 e. The van der Waals surface area contributed by atoms with E-state index >= 15 is 0 Å². The molecule has 1 aromatic heterocycles. The minimum Gasteiger partial charge on any atom is -0.456 e. The average Bonchev–Trinajstić information content (AvgIpc) is 3.81. The van der Waals surface area contributed by atoms with Crippen molar-refractivity contribution in [1.29, 1.82) is 0 Å². The van der Waals surface area contributed by atoms with Crippen molar-refractivity contribution in [2.24, 2.45) is 0 Å². The van der Waals surface area contributed by atoms with Gasteiger partial charge in [0.1, 0.15) is 11.2 Å². The van der Waals surface area contributed by atoms with Crippen molar-refractivity contribution in [2.75, 3.05) is 5.32 Å². The molecule has 0 bridgehead atoms. The van der Waals surface area contributed by atoms with E-state index in [9.17, 15) is 0 Å². The van der Waals surface area contributed by atoms with Gasteiger partial charge in [-0.2, -0.15) is 0 Å². The number of benzene rings is 9. The van der Waals surface area contributed by atoms with Crippen LogP contribution in [0.5, 0.6) is 0 Å². The Morgan fingerprint density at radius 3 is 1.53 bits per heavy atom. The summed E-state index contributed by atoms with van der Waals surface area (Å²) in [7, 11) is 0. The molecule has 0 saturated heterocycles. The molecular formula is C49H29NO. The topological polar surface area (TPSA) is 25.2 Å². The molecule has 51 heavy (non-hydrogen) atoms. The Hall–Kier alpha value is -6.64. The number of rotatable bonds is 2. The van der Waals surface area contributed by atoms with E-state index in [4.69, 9.17) is 4.42 Å². The van der Waals surface area contributed by atoms with Gasteiger partial charge in [-0.3, -0.25) is 0 Å². The second kappa shape index (κ2) is 9.74. The molecule has 0 amide bonds.